The minimum absolute atomic E-state index is 0.942. The predicted octanol–water partition coefficient (Wildman–Crippen LogP) is 5.17. The fourth-order valence-electron chi connectivity index (χ4n) is 3.85. The number of hydrogen-bond acceptors (Lipinski definition) is 1. The SMILES string of the molecule is C=CCCCCCC1CC(CCC)CCC1CNC. The van der Waals surface area contributed by atoms with E-state index in [1.165, 1.54) is 70.8 Å². The van der Waals surface area contributed by atoms with Crippen molar-refractivity contribution in [1.82, 2.24) is 5.32 Å². The Morgan fingerprint density at radius 2 is 1.95 bits per heavy atom. The van der Waals surface area contributed by atoms with Crippen molar-refractivity contribution in [2.75, 3.05) is 13.6 Å². The Kier molecular flexibility index (Phi) is 9.24. The summed E-state index contributed by atoms with van der Waals surface area (Å²) in [6.07, 6.45) is 16.1. The minimum atomic E-state index is 0.942. The monoisotopic (exact) mass is 265 g/mol. The minimum Gasteiger partial charge on any atom is -0.319 e. The van der Waals surface area contributed by atoms with E-state index in [0.717, 1.165) is 17.8 Å². The van der Waals surface area contributed by atoms with Crippen LogP contribution in [0, 0.1) is 17.8 Å². The van der Waals surface area contributed by atoms with Gasteiger partial charge in [-0.2, -0.15) is 0 Å². The first kappa shape index (κ1) is 16.8. The molecule has 1 nitrogen and oxygen atoms in total. The van der Waals surface area contributed by atoms with Gasteiger partial charge < -0.3 is 5.32 Å². The molecule has 1 fully saturated rings. The summed E-state index contributed by atoms with van der Waals surface area (Å²) in [7, 11) is 2.11. The zero-order valence-electron chi connectivity index (χ0n) is 13.3. The van der Waals surface area contributed by atoms with Gasteiger partial charge in [-0.25, -0.2) is 0 Å². The first-order valence-electron chi connectivity index (χ1n) is 8.57. The summed E-state index contributed by atoms with van der Waals surface area (Å²) >= 11 is 0. The van der Waals surface area contributed by atoms with E-state index < -0.39 is 0 Å². The van der Waals surface area contributed by atoms with Crippen LogP contribution in [0.25, 0.3) is 0 Å². The van der Waals surface area contributed by atoms with Crippen molar-refractivity contribution in [3.63, 3.8) is 0 Å². The maximum atomic E-state index is 3.81. The summed E-state index contributed by atoms with van der Waals surface area (Å²) in [6, 6.07) is 0. The van der Waals surface area contributed by atoms with Crippen LogP contribution in [0.1, 0.15) is 71.1 Å². The van der Waals surface area contributed by atoms with Crippen molar-refractivity contribution in [3.8, 4) is 0 Å². The normalized spacial score (nSPS) is 27.4. The zero-order chi connectivity index (χ0) is 13.9. The lowest BCUT2D eigenvalue weighted by Gasteiger charge is -2.36. The average Bonchev–Trinajstić information content (AvgIpc) is 2.42. The molecule has 1 rings (SSSR count). The van der Waals surface area contributed by atoms with Gasteiger partial charge in [0.05, 0.1) is 0 Å². The van der Waals surface area contributed by atoms with Gasteiger partial charge in [-0.05, 0) is 57.0 Å². The summed E-state index contributed by atoms with van der Waals surface area (Å²) < 4.78 is 0. The number of hydrogen-bond donors (Lipinski definition) is 1. The predicted molar refractivity (Wildman–Crippen MR) is 86.4 cm³/mol. The molecule has 0 spiro atoms. The molecule has 0 radical (unpaired) electrons. The Bertz CT molecular complexity index is 224. The Balaban J connectivity index is 2.31. The van der Waals surface area contributed by atoms with E-state index in [9.17, 15) is 0 Å². The van der Waals surface area contributed by atoms with Crippen LogP contribution in [0.15, 0.2) is 12.7 Å². The summed E-state index contributed by atoms with van der Waals surface area (Å²) in [6.45, 7) is 7.38. The number of nitrogens with one attached hydrogen (secondary N) is 1. The van der Waals surface area contributed by atoms with Gasteiger partial charge >= 0.3 is 0 Å². The molecule has 0 aromatic carbocycles. The lowest BCUT2D eigenvalue weighted by molar-refractivity contribution is 0.158. The molecule has 0 saturated heterocycles. The number of unbranched alkanes of at least 4 members (excludes halogenated alkanes) is 3. The molecule has 19 heavy (non-hydrogen) atoms. The van der Waals surface area contributed by atoms with E-state index in [2.05, 4.69) is 31.9 Å². The molecule has 0 aliphatic heterocycles. The van der Waals surface area contributed by atoms with Crippen LogP contribution in [0.5, 0.6) is 0 Å². The highest BCUT2D eigenvalue weighted by Gasteiger charge is 2.28. The third-order valence-electron chi connectivity index (χ3n) is 4.89. The molecule has 1 aliphatic rings. The van der Waals surface area contributed by atoms with Gasteiger partial charge in [0.1, 0.15) is 0 Å². The Morgan fingerprint density at radius 3 is 2.63 bits per heavy atom. The topological polar surface area (TPSA) is 12.0 Å². The number of allylic oxidation sites excluding steroid dienone is 1. The lowest BCUT2D eigenvalue weighted by Crippen LogP contribution is -2.31. The molecular formula is C18H35N. The van der Waals surface area contributed by atoms with Crippen molar-refractivity contribution < 1.29 is 0 Å². The third kappa shape index (κ3) is 6.61. The van der Waals surface area contributed by atoms with Crippen LogP contribution in [-0.2, 0) is 0 Å². The zero-order valence-corrected chi connectivity index (χ0v) is 13.3. The van der Waals surface area contributed by atoms with Gasteiger partial charge in [0.25, 0.3) is 0 Å². The molecule has 0 amide bonds. The van der Waals surface area contributed by atoms with Gasteiger partial charge in [0.15, 0.2) is 0 Å². The molecule has 1 aliphatic carbocycles. The fourth-order valence-corrected chi connectivity index (χ4v) is 3.85. The molecule has 0 bridgehead atoms. The Labute approximate surface area is 121 Å². The van der Waals surface area contributed by atoms with Crippen LogP contribution in [0.3, 0.4) is 0 Å². The molecule has 112 valence electrons. The summed E-state index contributed by atoms with van der Waals surface area (Å²) in [5.41, 5.74) is 0. The van der Waals surface area contributed by atoms with E-state index in [0.29, 0.717) is 0 Å². The summed E-state index contributed by atoms with van der Waals surface area (Å²) in [4.78, 5) is 0. The van der Waals surface area contributed by atoms with E-state index in [1.54, 1.807) is 0 Å². The standard InChI is InChI=1S/C18H35N/c1-4-6-7-8-9-11-17-14-16(10-5-2)12-13-18(17)15-19-3/h4,16-19H,1,5-15H2,2-3H3. The Hall–Kier alpha value is -0.300. The smallest absolute Gasteiger partial charge is 0.00209 e. The van der Waals surface area contributed by atoms with Crippen molar-refractivity contribution in [2.45, 2.75) is 71.1 Å². The van der Waals surface area contributed by atoms with Crippen LogP contribution >= 0.6 is 0 Å². The van der Waals surface area contributed by atoms with E-state index in [1.807, 2.05) is 0 Å². The molecule has 0 heterocycles. The summed E-state index contributed by atoms with van der Waals surface area (Å²) in [5, 5.41) is 3.41. The van der Waals surface area contributed by atoms with Crippen molar-refractivity contribution in [2.24, 2.45) is 17.8 Å². The first-order chi connectivity index (χ1) is 9.31. The highest BCUT2D eigenvalue weighted by Crippen LogP contribution is 2.38. The van der Waals surface area contributed by atoms with Gasteiger partial charge in [-0.3, -0.25) is 0 Å². The maximum Gasteiger partial charge on any atom is -0.00209 e. The molecule has 0 aromatic heterocycles. The number of rotatable bonds is 10. The second-order valence-electron chi connectivity index (χ2n) is 6.47. The second-order valence-corrected chi connectivity index (χ2v) is 6.47. The lowest BCUT2D eigenvalue weighted by atomic mass is 9.71. The van der Waals surface area contributed by atoms with Crippen LogP contribution in [-0.4, -0.2) is 13.6 Å². The van der Waals surface area contributed by atoms with E-state index in [4.69, 9.17) is 0 Å². The highest BCUT2D eigenvalue weighted by molar-refractivity contribution is 4.81. The average molecular weight is 265 g/mol. The molecule has 1 N–H and O–H groups in total. The van der Waals surface area contributed by atoms with Gasteiger partial charge in [-0.1, -0.05) is 51.5 Å². The second kappa shape index (κ2) is 10.5. The van der Waals surface area contributed by atoms with E-state index in [-0.39, 0.29) is 0 Å². The highest BCUT2D eigenvalue weighted by atomic mass is 14.8. The van der Waals surface area contributed by atoms with Gasteiger partial charge in [0.2, 0.25) is 0 Å². The first-order valence-corrected chi connectivity index (χ1v) is 8.57. The third-order valence-corrected chi connectivity index (χ3v) is 4.89. The van der Waals surface area contributed by atoms with Crippen molar-refractivity contribution >= 4 is 0 Å². The van der Waals surface area contributed by atoms with Crippen molar-refractivity contribution in [3.05, 3.63) is 12.7 Å². The van der Waals surface area contributed by atoms with Crippen molar-refractivity contribution in [1.29, 1.82) is 0 Å². The maximum absolute atomic E-state index is 3.81. The van der Waals surface area contributed by atoms with Crippen LogP contribution in [0.4, 0.5) is 0 Å². The molecular weight excluding hydrogens is 230 g/mol. The quantitative estimate of drug-likeness (QED) is 0.424. The fraction of sp³-hybridized carbons (Fsp3) is 0.889. The molecule has 3 unspecified atom stereocenters. The molecule has 3 atom stereocenters. The largest absolute Gasteiger partial charge is 0.319 e. The van der Waals surface area contributed by atoms with Gasteiger partial charge in [-0.15, -0.1) is 6.58 Å². The van der Waals surface area contributed by atoms with Crippen LogP contribution < -0.4 is 5.32 Å². The molecule has 1 heteroatoms. The Morgan fingerprint density at radius 1 is 1.11 bits per heavy atom. The van der Waals surface area contributed by atoms with E-state index >= 15 is 0 Å². The van der Waals surface area contributed by atoms with Gasteiger partial charge in [0, 0.05) is 0 Å². The van der Waals surface area contributed by atoms with Crippen LogP contribution in [0.2, 0.25) is 0 Å². The molecule has 1 saturated carbocycles. The summed E-state index contributed by atoms with van der Waals surface area (Å²) in [5.74, 6) is 2.95. The molecule has 0 aromatic rings.